The van der Waals surface area contributed by atoms with Crippen molar-refractivity contribution in [2.45, 2.75) is 13.8 Å². The molecule has 0 aliphatic heterocycles. The maximum Gasteiger partial charge on any atom is 0.339 e. The Bertz CT molecular complexity index is 890. The molecule has 0 aliphatic carbocycles. The zero-order chi connectivity index (χ0) is 15.1. The van der Waals surface area contributed by atoms with Crippen LogP contribution in [0.25, 0.3) is 22.2 Å². The first-order valence-electron chi connectivity index (χ1n) is 6.63. The molecular weight excluding hydrogens is 268 g/mol. The van der Waals surface area contributed by atoms with Crippen LogP contribution in [0.2, 0.25) is 0 Å². The van der Waals surface area contributed by atoms with Crippen molar-refractivity contribution in [1.82, 2.24) is 9.78 Å². The van der Waals surface area contributed by atoms with E-state index in [-0.39, 0.29) is 5.63 Å². The third-order valence-corrected chi connectivity index (χ3v) is 3.74. The van der Waals surface area contributed by atoms with Gasteiger partial charge in [0.1, 0.15) is 11.3 Å². The predicted molar refractivity (Wildman–Crippen MR) is 80.7 cm³/mol. The highest BCUT2D eigenvalue weighted by molar-refractivity contribution is 5.91. The average molecular weight is 284 g/mol. The molecule has 0 amide bonds. The van der Waals surface area contributed by atoms with E-state index in [4.69, 9.17) is 9.15 Å². The Morgan fingerprint density at radius 2 is 2.00 bits per heavy atom. The summed E-state index contributed by atoms with van der Waals surface area (Å²) in [5.74, 6) is 0.678. The minimum atomic E-state index is -0.319. The van der Waals surface area contributed by atoms with Gasteiger partial charge in [0, 0.05) is 24.4 Å². The molecule has 0 saturated heterocycles. The first-order valence-corrected chi connectivity index (χ1v) is 6.63. The number of hydrogen-bond acceptors (Lipinski definition) is 4. The van der Waals surface area contributed by atoms with Crippen molar-refractivity contribution in [3.05, 3.63) is 45.9 Å². The first kappa shape index (κ1) is 13.4. The molecule has 0 bridgehead atoms. The van der Waals surface area contributed by atoms with Crippen molar-refractivity contribution >= 4 is 11.0 Å². The van der Waals surface area contributed by atoms with Crippen LogP contribution in [0.3, 0.4) is 0 Å². The van der Waals surface area contributed by atoms with Crippen LogP contribution in [0, 0.1) is 13.8 Å². The third kappa shape index (κ3) is 2.11. The van der Waals surface area contributed by atoms with Crippen LogP contribution in [0.5, 0.6) is 5.75 Å². The maximum absolute atomic E-state index is 11.9. The lowest BCUT2D eigenvalue weighted by atomic mass is 10.0. The quantitative estimate of drug-likeness (QED) is 0.679. The van der Waals surface area contributed by atoms with Crippen LogP contribution in [0.4, 0.5) is 0 Å². The fraction of sp³-hybridized carbons (Fsp3) is 0.250. The van der Waals surface area contributed by atoms with E-state index in [1.165, 1.54) is 0 Å². The van der Waals surface area contributed by atoms with Gasteiger partial charge in [-0.2, -0.15) is 5.10 Å². The van der Waals surface area contributed by atoms with Gasteiger partial charge in [-0.3, -0.25) is 4.68 Å². The standard InChI is InChI=1S/C16H16N2O3/c1-9-10(2)16(19)21-14-8-11(7-13(20-4)15(9)14)12-5-6-18(3)17-12/h5-8H,1-4H3. The van der Waals surface area contributed by atoms with Gasteiger partial charge < -0.3 is 9.15 Å². The molecule has 1 aromatic carbocycles. The molecule has 0 spiro atoms. The minimum absolute atomic E-state index is 0.319. The fourth-order valence-electron chi connectivity index (χ4n) is 2.43. The van der Waals surface area contributed by atoms with Gasteiger partial charge in [-0.1, -0.05) is 0 Å². The molecule has 5 nitrogen and oxygen atoms in total. The van der Waals surface area contributed by atoms with Gasteiger partial charge in [-0.25, -0.2) is 4.79 Å². The zero-order valence-electron chi connectivity index (χ0n) is 12.4. The van der Waals surface area contributed by atoms with E-state index < -0.39 is 0 Å². The van der Waals surface area contributed by atoms with Crippen LogP contribution in [0.15, 0.2) is 33.6 Å². The Morgan fingerprint density at radius 1 is 1.24 bits per heavy atom. The van der Waals surface area contributed by atoms with Crippen molar-refractivity contribution in [1.29, 1.82) is 0 Å². The number of aromatic nitrogens is 2. The Kier molecular flexibility index (Phi) is 3.05. The van der Waals surface area contributed by atoms with Crippen LogP contribution in [0.1, 0.15) is 11.1 Å². The summed E-state index contributed by atoms with van der Waals surface area (Å²) in [7, 11) is 3.46. The minimum Gasteiger partial charge on any atom is -0.496 e. The number of aryl methyl sites for hydroxylation is 2. The second-order valence-corrected chi connectivity index (χ2v) is 5.07. The lowest BCUT2D eigenvalue weighted by Gasteiger charge is -2.10. The highest BCUT2D eigenvalue weighted by atomic mass is 16.5. The van der Waals surface area contributed by atoms with Gasteiger partial charge in [0.05, 0.1) is 18.2 Å². The molecule has 3 rings (SSSR count). The molecule has 0 radical (unpaired) electrons. The lowest BCUT2D eigenvalue weighted by Crippen LogP contribution is -2.06. The predicted octanol–water partition coefficient (Wildman–Crippen LogP) is 2.82. The summed E-state index contributed by atoms with van der Waals surface area (Å²) in [4.78, 5) is 11.9. The van der Waals surface area contributed by atoms with Crippen molar-refractivity contribution < 1.29 is 9.15 Å². The highest BCUT2D eigenvalue weighted by Crippen LogP contribution is 2.33. The summed E-state index contributed by atoms with van der Waals surface area (Å²) in [6, 6.07) is 5.64. The number of methoxy groups -OCH3 is 1. The van der Waals surface area contributed by atoms with E-state index in [1.807, 2.05) is 38.4 Å². The molecule has 2 aromatic heterocycles. The van der Waals surface area contributed by atoms with Crippen LogP contribution in [-0.4, -0.2) is 16.9 Å². The summed E-state index contributed by atoms with van der Waals surface area (Å²) in [6.45, 7) is 3.66. The van der Waals surface area contributed by atoms with Gasteiger partial charge >= 0.3 is 5.63 Å². The number of rotatable bonds is 2. The van der Waals surface area contributed by atoms with E-state index >= 15 is 0 Å². The van der Waals surface area contributed by atoms with Crippen LogP contribution >= 0.6 is 0 Å². The van der Waals surface area contributed by atoms with Crippen LogP contribution < -0.4 is 10.4 Å². The van der Waals surface area contributed by atoms with Crippen molar-refractivity contribution in [2.24, 2.45) is 7.05 Å². The Labute approximate surface area is 121 Å². The van der Waals surface area contributed by atoms with E-state index in [1.54, 1.807) is 18.7 Å². The Morgan fingerprint density at radius 3 is 2.62 bits per heavy atom. The van der Waals surface area contributed by atoms with Gasteiger partial charge in [0.15, 0.2) is 0 Å². The third-order valence-electron chi connectivity index (χ3n) is 3.74. The van der Waals surface area contributed by atoms with Gasteiger partial charge in [-0.15, -0.1) is 0 Å². The number of fused-ring (bicyclic) bond motifs is 1. The molecule has 0 aliphatic rings. The molecule has 0 N–H and O–H groups in total. The molecule has 0 atom stereocenters. The SMILES string of the molecule is COc1cc(-c2ccn(C)n2)cc2oc(=O)c(C)c(C)c12. The van der Waals surface area contributed by atoms with Gasteiger partial charge in [0.25, 0.3) is 0 Å². The van der Waals surface area contributed by atoms with Gasteiger partial charge in [0.2, 0.25) is 0 Å². The summed E-state index contributed by atoms with van der Waals surface area (Å²) >= 11 is 0. The topological polar surface area (TPSA) is 57.3 Å². The van der Waals surface area contributed by atoms with Crippen LogP contribution in [-0.2, 0) is 7.05 Å². The van der Waals surface area contributed by atoms with Crippen molar-refractivity contribution in [3.8, 4) is 17.0 Å². The monoisotopic (exact) mass is 284 g/mol. The van der Waals surface area contributed by atoms with E-state index in [0.717, 1.165) is 22.2 Å². The molecule has 5 heteroatoms. The summed E-state index contributed by atoms with van der Waals surface area (Å²) in [5, 5.41) is 5.19. The average Bonchev–Trinajstić information content (AvgIpc) is 2.90. The molecule has 0 unspecified atom stereocenters. The normalized spacial score (nSPS) is 11.0. The van der Waals surface area contributed by atoms with Gasteiger partial charge in [-0.05, 0) is 37.6 Å². The molecule has 0 saturated carbocycles. The smallest absolute Gasteiger partial charge is 0.339 e. The number of hydrogen-bond donors (Lipinski definition) is 0. The Hall–Kier alpha value is -2.56. The highest BCUT2D eigenvalue weighted by Gasteiger charge is 2.15. The molecular formula is C16H16N2O3. The largest absolute Gasteiger partial charge is 0.496 e. The summed E-state index contributed by atoms with van der Waals surface area (Å²) in [6.07, 6.45) is 1.86. The first-order chi connectivity index (χ1) is 10.0. The van der Waals surface area contributed by atoms with Crippen molar-refractivity contribution in [2.75, 3.05) is 7.11 Å². The number of ether oxygens (including phenoxy) is 1. The summed E-state index contributed by atoms with van der Waals surface area (Å²) < 4.78 is 12.6. The fourth-order valence-corrected chi connectivity index (χ4v) is 2.43. The zero-order valence-corrected chi connectivity index (χ0v) is 12.4. The maximum atomic E-state index is 11.9. The Balaban J connectivity index is 2.37. The summed E-state index contributed by atoms with van der Waals surface area (Å²) in [5.41, 5.74) is 3.34. The van der Waals surface area contributed by atoms with E-state index in [0.29, 0.717) is 16.9 Å². The van der Waals surface area contributed by atoms with Crippen molar-refractivity contribution in [3.63, 3.8) is 0 Å². The second kappa shape index (κ2) is 4.77. The molecule has 21 heavy (non-hydrogen) atoms. The lowest BCUT2D eigenvalue weighted by molar-refractivity contribution is 0.418. The molecule has 3 aromatic rings. The number of benzene rings is 1. The van der Waals surface area contributed by atoms with E-state index in [2.05, 4.69) is 5.10 Å². The molecule has 108 valence electrons. The molecule has 2 heterocycles. The second-order valence-electron chi connectivity index (χ2n) is 5.07. The molecule has 0 fully saturated rings. The number of nitrogens with zero attached hydrogens (tertiary/aromatic N) is 2. The van der Waals surface area contributed by atoms with E-state index in [9.17, 15) is 4.79 Å².